The monoisotopic (exact) mass is 227 g/mol. The zero-order chi connectivity index (χ0) is 12.4. The first-order valence-corrected chi connectivity index (χ1v) is 6.86. The second kappa shape index (κ2) is 9.68. The summed E-state index contributed by atoms with van der Waals surface area (Å²) in [6.45, 7) is 9.71. The summed E-state index contributed by atoms with van der Waals surface area (Å²) < 4.78 is 0. The van der Waals surface area contributed by atoms with Crippen LogP contribution in [0.5, 0.6) is 0 Å². The van der Waals surface area contributed by atoms with Gasteiger partial charge in [0.25, 0.3) is 0 Å². The molecule has 2 heteroatoms. The summed E-state index contributed by atoms with van der Waals surface area (Å²) in [6.07, 6.45) is 6.45. The van der Waals surface area contributed by atoms with Gasteiger partial charge >= 0.3 is 0 Å². The molecule has 0 aliphatic rings. The van der Waals surface area contributed by atoms with Crippen LogP contribution in [-0.4, -0.2) is 12.5 Å². The van der Waals surface area contributed by atoms with Gasteiger partial charge in [0, 0.05) is 13.0 Å². The maximum Gasteiger partial charge on any atom is 0.220 e. The van der Waals surface area contributed by atoms with Crippen molar-refractivity contribution in [2.45, 2.75) is 66.2 Å². The Kier molecular flexibility index (Phi) is 9.36. The number of carbonyl (C=O) groups excluding carboxylic acids is 1. The van der Waals surface area contributed by atoms with E-state index in [2.05, 4.69) is 33.0 Å². The van der Waals surface area contributed by atoms with Crippen LogP contribution in [-0.2, 0) is 4.79 Å². The minimum Gasteiger partial charge on any atom is -0.356 e. The molecular formula is C14H29NO. The Bertz CT molecular complexity index is 178. The van der Waals surface area contributed by atoms with Crippen LogP contribution in [0.2, 0.25) is 0 Å². The predicted octanol–water partition coefficient (Wildman–Crippen LogP) is 3.76. The normalized spacial score (nSPS) is 12.8. The number of hydrogen-bond donors (Lipinski definition) is 1. The largest absolute Gasteiger partial charge is 0.356 e. The molecule has 0 heterocycles. The maximum atomic E-state index is 11.5. The second-order valence-corrected chi connectivity index (χ2v) is 5.17. The molecule has 0 fully saturated rings. The molecule has 0 rings (SSSR count). The Morgan fingerprint density at radius 1 is 1.19 bits per heavy atom. The first-order chi connectivity index (χ1) is 7.60. The van der Waals surface area contributed by atoms with Crippen molar-refractivity contribution in [3.8, 4) is 0 Å². The first kappa shape index (κ1) is 15.5. The van der Waals surface area contributed by atoms with Crippen molar-refractivity contribution in [3.63, 3.8) is 0 Å². The van der Waals surface area contributed by atoms with E-state index in [0.29, 0.717) is 12.3 Å². The van der Waals surface area contributed by atoms with E-state index < -0.39 is 0 Å². The van der Waals surface area contributed by atoms with Crippen molar-refractivity contribution in [2.24, 2.45) is 11.8 Å². The summed E-state index contributed by atoms with van der Waals surface area (Å²) >= 11 is 0. The van der Waals surface area contributed by atoms with Gasteiger partial charge < -0.3 is 5.32 Å². The third-order valence-electron chi connectivity index (χ3n) is 2.98. The minimum atomic E-state index is 0.232. The van der Waals surface area contributed by atoms with Crippen LogP contribution < -0.4 is 5.32 Å². The average molecular weight is 227 g/mol. The molecule has 0 bridgehead atoms. The third kappa shape index (κ3) is 8.75. The standard InChI is InChI=1S/C14H29NO/c1-5-7-8-9-14(16)15-11-13(6-2)10-12(3)4/h12-13H,5-11H2,1-4H3,(H,15,16). The number of rotatable bonds is 9. The fourth-order valence-electron chi connectivity index (χ4n) is 1.94. The van der Waals surface area contributed by atoms with Crippen LogP contribution in [0.3, 0.4) is 0 Å². The molecule has 2 nitrogen and oxygen atoms in total. The molecule has 0 aromatic heterocycles. The van der Waals surface area contributed by atoms with E-state index in [1.165, 1.54) is 12.8 Å². The number of nitrogens with one attached hydrogen (secondary N) is 1. The Morgan fingerprint density at radius 2 is 1.88 bits per heavy atom. The highest BCUT2D eigenvalue weighted by molar-refractivity contribution is 5.75. The summed E-state index contributed by atoms with van der Waals surface area (Å²) in [4.78, 5) is 11.5. The highest BCUT2D eigenvalue weighted by atomic mass is 16.1. The number of amides is 1. The van der Waals surface area contributed by atoms with E-state index >= 15 is 0 Å². The van der Waals surface area contributed by atoms with Gasteiger partial charge in [-0.15, -0.1) is 0 Å². The highest BCUT2D eigenvalue weighted by Crippen LogP contribution is 2.14. The number of carbonyl (C=O) groups is 1. The average Bonchev–Trinajstić information content (AvgIpc) is 2.24. The Morgan fingerprint density at radius 3 is 2.38 bits per heavy atom. The lowest BCUT2D eigenvalue weighted by Gasteiger charge is -2.17. The summed E-state index contributed by atoms with van der Waals surface area (Å²) in [5.74, 6) is 1.60. The lowest BCUT2D eigenvalue weighted by molar-refractivity contribution is -0.121. The van der Waals surface area contributed by atoms with Crippen LogP contribution in [0, 0.1) is 11.8 Å². The van der Waals surface area contributed by atoms with Crippen LogP contribution in [0.4, 0.5) is 0 Å². The van der Waals surface area contributed by atoms with Crippen molar-refractivity contribution in [3.05, 3.63) is 0 Å². The van der Waals surface area contributed by atoms with Crippen molar-refractivity contribution >= 4 is 5.91 Å². The summed E-state index contributed by atoms with van der Waals surface area (Å²) in [7, 11) is 0. The SMILES string of the molecule is CCCCCC(=O)NCC(CC)CC(C)C. The van der Waals surface area contributed by atoms with Crippen LogP contribution in [0.25, 0.3) is 0 Å². The van der Waals surface area contributed by atoms with Gasteiger partial charge in [-0.25, -0.2) is 0 Å². The minimum absolute atomic E-state index is 0.232. The molecule has 0 saturated heterocycles. The summed E-state index contributed by atoms with van der Waals surface area (Å²) in [5, 5.41) is 3.06. The van der Waals surface area contributed by atoms with Crippen LogP contribution in [0.1, 0.15) is 66.2 Å². The van der Waals surface area contributed by atoms with Gasteiger partial charge in [0.2, 0.25) is 5.91 Å². The van der Waals surface area contributed by atoms with E-state index in [9.17, 15) is 4.79 Å². The Balaban J connectivity index is 3.62. The molecule has 96 valence electrons. The summed E-state index contributed by atoms with van der Waals surface area (Å²) in [5.41, 5.74) is 0. The molecule has 0 spiro atoms. The van der Waals surface area contributed by atoms with Gasteiger partial charge in [0.15, 0.2) is 0 Å². The van der Waals surface area contributed by atoms with E-state index in [1.807, 2.05) is 0 Å². The van der Waals surface area contributed by atoms with Crippen molar-refractivity contribution in [1.29, 1.82) is 0 Å². The smallest absolute Gasteiger partial charge is 0.220 e. The summed E-state index contributed by atoms with van der Waals surface area (Å²) in [6, 6.07) is 0. The van der Waals surface area contributed by atoms with Gasteiger partial charge in [0.1, 0.15) is 0 Å². The molecule has 0 radical (unpaired) electrons. The molecule has 0 aromatic carbocycles. The van der Waals surface area contributed by atoms with Gasteiger partial charge in [-0.2, -0.15) is 0 Å². The molecule has 16 heavy (non-hydrogen) atoms. The van der Waals surface area contributed by atoms with Crippen LogP contribution in [0.15, 0.2) is 0 Å². The fraction of sp³-hybridized carbons (Fsp3) is 0.929. The van der Waals surface area contributed by atoms with Crippen LogP contribution >= 0.6 is 0 Å². The fourth-order valence-corrected chi connectivity index (χ4v) is 1.94. The predicted molar refractivity (Wildman–Crippen MR) is 70.4 cm³/mol. The Labute approximate surface area is 101 Å². The molecule has 0 aliphatic heterocycles. The molecule has 1 atom stereocenters. The first-order valence-electron chi connectivity index (χ1n) is 6.86. The van der Waals surface area contributed by atoms with Crippen molar-refractivity contribution in [2.75, 3.05) is 6.54 Å². The Hall–Kier alpha value is -0.530. The lowest BCUT2D eigenvalue weighted by atomic mass is 9.95. The van der Waals surface area contributed by atoms with Crippen molar-refractivity contribution in [1.82, 2.24) is 5.32 Å². The zero-order valence-electron chi connectivity index (χ0n) is 11.5. The highest BCUT2D eigenvalue weighted by Gasteiger charge is 2.10. The molecule has 0 saturated carbocycles. The molecule has 1 N–H and O–H groups in total. The molecule has 1 amide bonds. The van der Waals surface area contributed by atoms with Gasteiger partial charge in [-0.3, -0.25) is 4.79 Å². The molecule has 1 unspecified atom stereocenters. The van der Waals surface area contributed by atoms with Crippen molar-refractivity contribution < 1.29 is 4.79 Å². The van der Waals surface area contributed by atoms with Gasteiger partial charge in [-0.05, 0) is 24.7 Å². The van der Waals surface area contributed by atoms with Gasteiger partial charge in [0.05, 0.1) is 0 Å². The molecule has 0 aromatic rings. The topological polar surface area (TPSA) is 29.1 Å². The quantitative estimate of drug-likeness (QED) is 0.597. The van der Waals surface area contributed by atoms with Gasteiger partial charge in [-0.1, -0.05) is 47.0 Å². The maximum absolute atomic E-state index is 11.5. The van der Waals surface area contributed by atoms with E-state index in [0.717, 1.165) is 31.7 Å². The lowest BCUT2D eigenvalue weighted by Crippen LogP contribution is -2.29. The molecular weight excluding hydrogens is 198 g/mol. The van der Waals surface area contributed by atoms with E-state index in [1.54, 1.807) is 0 Å². The number of unbranched alkanes of at least 4 members (excludes halogenated alkanes) is 2. The second-order valence-electron chi connectivity index (χ2n) is 5.17. The zero-order valence-corrected chi connectivity index (χ0v) is 11.5. The van der Waals surface area contributed by atoms with E-state index in [4.69, 9.17) is 0 Å². The van der Waals surface area contributed by atoms with E-state index in [-0.39, 0.29) is 5.91 Å². The molecule has 0 aliphatic carbocycles. The third-order valence-corrected chi connectivity index (χ3v) is 2.98. The number of hydrogen-bond acceptors (Lipinski definition) is 1.